The highest BCUT2D eigenvalue weighted by atomic mass is 16.2. The normalized spacial score (nSPS) is 14.5. The molecule has 2 heterocycles. The minimum Gasteiger partial charge on any atom is -0.356 e. The molecule has 0 atom stereocenters. The van der Waals surface area contributed by atoms with Crippen molar-refractivity contribution in [1.29, 1.82) is 0 Å². The van der Waals surface area contributed by atoms with Gasteiger partial charge in [-0.3, -0.25) is 19.6 Å². The second kappa shape index (κ2) is 6.79. The topological polar surface area (TPSA) is 75.2 Å². The fraction of sp³-hybridized carbons (Fsp3) is 0.429. The van der Waals surface area contributed by atoms with Crippen molar-refractivity contribution < 1.29 is 9.59 Å². The van der Waals surface area contributed by atoms with Crippen LogP contribution in [0.4, 0.5) is 0 Å². The Hall–Kier alpha value is -2.24. The lowest BCUT2D eigenvalue weighted by Gasteiger charge is -2.37. The van der Waals surface area contributed by atoms with Gasteiger partial charge in [0.1, 0.15) is 0 Å². The zero-order chi connectivity index (χ0) is 14.4. The summed E-state index contributed by atoms with van der Waals surface area (Å²) in [6.45, 7) is 5.01. The van der Waals surface area contributed by atoms with Gasteiger partial charge in [0.2, 0.25) is 11.8 Å². The molecule has 0 radical (unpaired) electrons. The molecule has 0 aromatic carbocycles. The van der Waals surface area contributed by atoms with Crippen LogP contribution in [0.25, 0.3) is 0 Å². The van der Waals surface area contributed by atoms with Gasteiger partial charge < -0.3 is 10.2 Å². The van der Waals surface area contributed by atoms with Crippen LogP contribution in [0.1, 0.15) is 12.1 Å². The van der Waals surface area contributed by atoms with E-state index in [1.54, 1.807) is 23.5 Å². The summed E-state index contributed by atoms with van der Waals surface area (Å²) in [6.07, 6.45) is 7.92. The predicted molar refractivity (Wildman–Crippen MR) is 73.6 cm³/mol. The predicted octanol–water partition coefficient (Wildman–Crippen LogP) is 0.170. The molecule has 106 valence electrons. The first-order chi connectivity index (χ1) is 9.70. The third-order valence-corrected chi connectivity index (χ3v) is 3.26. The highest BCUT2D eigenvalue weighted by Gasteiger charge is 2.34. The van der Waals surface area contributed by atoms with Gasteiger partial charge in [0, 0.05) is 38.2 Å². The van der Waals surface area contributed by atoms with Crippen molar-refractivity contribution in [2.45, 2.75) is 12.8 Å². The van der Waals surface area contributed by atoms with Gasteiger partial charge in [-0.1, -0.05) is 6.58 Å². The second-order valence-electron chi connectivity index (χ2n) is 4.74. The van der Waals surface area contributed by atoms with Crippen molar-refractivity contribution in [3.63, 3.8) is 0 Å². The summed E-state index contributed by atoms with van der Waals surface area (Å²) in [6, 6.07) is 0. The summed E-state index contributed by atoms with van der Waals surface area (Å²) >= 11 is 0. The SMILES string of the molecule is C=CC(=O)N1CC(C(=O)NCCCc2cnccn2)C1. The summed E-state index contributed by atoms with van der Waals surface area (Å²) in [5.41, 5.74) is 0.924. The van der Waals surface area contributed by atoms with Gasteiger partial charge >= 0.3 is 0 Å². The van der Waals surface area contributed by atoms with Gasteiger partial charge in [-0.25, -0.2) is 0 Å². The standard InChI is InChI=1S/C14H18N4O2/c1-2-13(19)18-9-11(10-18)14(20)17-5-3-4-12-8-15-6-7-16-12/h2,6-8,11H,1,3-5,9-10H2,(H,17,20). The highest BCUT2D eigenvalue weighted by molar-refractivity contribution is 5.90. The van der Waals surface area contributed by atoms with E-state index in [1.807, 2.05) is 0 Å². The molecule has 20 heavy (non-hydrogen) atoms. The number of rotatable bonds is 6. The van der Waals surface area contributed by atoms with Gasteiger partial charge in [-0.15, -0.1) is 0 Å². The summed E-state index contributed by atoms with van der Waals surface area (Å²) < 4.78 is 0. The number of carbonyl (C=O) groups is 2. The number of hydrogen-bond donors (Lipinski definition) is 1. The molecule has 0 aliphatic carbocycles. The van der Waals surface area contributed by atoms with Gasteiger partial charge in [0.15, 0.2) is 0 Å². The van der Waals surface area contributed by atoms with Gasteiger partial charge in [-0.05, 0) is 18.9 Å². The number of nitrogens with one attached hydrogen (secondary N) is 1. The van der Waals surface area contributed by atoms with Crippen LogP contribution >= 0.6 is 0 Å². The van der Waals surface area contributed by atoms with E-state index in [-0.39, 0.29) is 17.7 Å². The first-order valence-electron chi connectivity index (χ1n) is 6.64. The summed E-state index contributed by atoms with van der Waals surface area (Å²) in [5.74, 6) is -0.190. The first-order valence-corrected chi connectivity index (χ1v) is 6.64. The number of amides is 2. The Morgan fingerprint density at radius 2 is 2.25 bits per heavy atom. The highest BCUT2D eigenvalue weighted by Crippen LogP contribution is 2.15. The van der Waals surface area contributed by atoms with Crippen LogP contribution in [0.3, 0.4) is 0 Å². The van der Waals surface area contributed by atoms with E-state index in [1.165, 1.54) is 6.08 Å². The average Bonchev–Trinajstić information content (AvgIpc) is 2.43. The fourth-order valence-corrected chi connectivity index (χ4v) is 2.04. The molecule has 1 aliphatic heterocycles. The third-order valence-electron chi connectivity index (χ3n) is 3.26. The lowest BCUT2D eigenvalue weighted by molar-refractivity contribution is -0.139. The van der Waals surface area contributed by atoms with Crippen molar-refractivity contribution >= 4 is 11.8 Å². The van der Waals surface area contributed by atoms with Crippen LogP contribution in [0.5, 0.6) is 0 Å². The maximum atomic E-state index is 11.8. The minimum atomic E-state index is -0.114. The Labute approximate surface area is 117 Å². The van der Waals surface area contributed by atoms with Crippen molar-refractivity contribution in [3.05, 3.63) is 36.9 Å². The van der Waals surface area contributed by atoms with E-state index in [2.05, 4.69) is 21.9 Å². The number of hydrogen-bond acceptors (Lipinski definition) is 4. The lowest BCUT2D eigenvalue weighted by Crippen LogP contribution is -2.55. The van der Waals surface area contributed by atoms with E-state index < -0.39 is 0 Å². The minimum absolute atomic E-state index is 0.0114. The monoisotopic (exact) mass is 274 g/mol. The van der Waals surface area contributed by atoms with Crippen LogP contribution in [0.15, 0.2) is 31.2 Å². The van der Waals surface area contributed by atoms with Crippen molar-refractivity contribution in [2.24, 2.45) is 5.92 Å². The molecule has 2 rings (SSSR count). The Kier molecular flexibility index (Phi) is 4.81. The van der Waals surface area contributed by atoms with Crippen LogP contribution in [-0.2, 0) is 16.0 Å². The van der Waals surface area contributed by atoms with Crippen molar-refractivity contribution in [1.82, 2.24) is 20.2 Å². The maximum Gasteiger partial charge on any atom is 0.246 e. The molecule has 1 fully saturated rings. The quantitative estimate of drug-likeness (QED) is 0.592. The third kappa shape index (κ3) is 3.63. The maximum absolute atomic E-state index is 11.8. The molecule has 0 unspecified atom stereocenters. The molecule has 1 aromatic rings. The molecule has 6 nitrogen and oxygen atoms in total. The Bertz CT molecular complexity index is 483. The Balaban J connectivity index is 1.60. The molecule has 1 aliphatic rings. The molecule has 2 amide bonds. The molecule has 1 saturated heterocycles. The average molecular weight is 274 g/mol. The Morgan fingerprint density at radius 3 is 2.90 bits per heavy atom. The van der Waals surface area contributed by atoms with Crippen LogP contribution in [0, 0.1) is 5.92 Å². The molecule has 0 spiro atoms. The molecular weight excluding hydrogens is 256 g/mol. The number of aromatic nitrogens is 2. The van der Waals surface area contributed by atoms with E-state index in [0.717, 1.165) is 18.5 Å². The molecule has 1 N–H and O–H groups in total. The zero-order valence-corrected chi connectivity index (χ0v) is 11.3. The van der Waals surface area contributed by atoms with Gasteiger partial charge in [0.05, 0.1) is 11.6 Å². The van der Waals surface area contributed by atoms with E-state index in [4.69, 9.17) is 0 Å². The zero-order valence-electron chi connectivity index (χ0n) is 11.3. The van der Waals surface area contributed by atoms with Crippen molar-refractivity contribution in [3.8, 4) is 0 Å². The number of likely N-dealkylation sites (tertiary alicyclic amines) is 1. The largest absolute Gasteiger partial charge is 0.356 e. The van der Waals surface area contributed by atoms with E-state index in [9.17, 15) is 9.59 Å². The molecule has 6 heteroatoms. The summed E-state index contributed by atoms with van der Waals surface area (Å²) in [4.78, 5) is 32.8. The molecule has 1 aromatic heterocycles. The molecule has 0 saturated carbocycles. The van der Waals surface area contributed by atoms with Crippen LogP contribution in [0.2, 0.25) is 0 Å². The first kappa shape index (κ1) is 14.2. The van der Waals surface area contributed by atoms with Crippen LogP contribution < -0.4 is 5.32 Å². The Morgan fingerprint density at radius 1 is 1.45 bits per heavy atom. The number of carbonyl (C=O) groups excluding carboxylic acids is 2. The lowest BCUT2D eigenvalue weighted by atomic mass is 9.99. The van der Waals surface area contributed by atoms with Gasteiger partial charge in [-0.2, -0.15) is 0 Å². The van der Waals surface area contributed by atoms with Crippen LogP contribution in [-0.4, -0.2) is 46.3 Å². The summed E-state index contributed by atoms with van der Waals surface area (Å²) in [7, 11) is 0. The van der Waals surface area contributed by atoms with Crippen molar-refractivity contribution in [2.75, 3.05) is 19.6 Å². The van der Waals surface area contributed by atoms with E-state index >= 15 is 0 Å². The fourth-order valence-electron chi connectivity index (χ4n) is 2.04. The number of aryl methyl sites for hydroxylation is 1. The second-order valence-corrected chi connectivity index (χ2v) is 4.74. The summed E-state index contributed by atoms with van der Waals surface area (Å²) in [5, 5.41) is 2.88. The molecular formula is C14H18N4O2. The van der Waals surface area contributed by atoms with Gasteiger partial charge in [0.25, 0.3) is 0 Å². The molecule has 0 bridgehead atoms. The van der Waals surface area contributed by atoms with E-state index in [0.29, 0.717) is 19.6 Å². The smallest absolute Gasteiger partial charge is 0.246 e. The number of nitrogens with zero attached hydrogens (tertiary/aromatic N) is 3.